The van der Waals surface area contributed by atoms with Crippen molar-refractivity contribution in [3.05, 3.63) is 29.8 Å². The van der Waals surface area contributed by atoms with Gasteiger partial charge >= 0.3 is 5.97 Å². The maximum Gasteiger partial charge on any atom is 0.306 e. The molecule has 1 aromatic rings. The molecule has 0 bridgehead atoms. The molecule has 1 atom stereocenters. The minimum Gasteiger partial charge on any atom is -0.497 e. The molecule has 1 amide bonds. The van der Waals surface area contributed by atoms with Crippen molar-refractivity contribution < 1.29 is 19.4 Å². The summed E-state index contributed by atoms with van der Waals surface area (Å²) in [6.07, 6.45) is 5.57. The Morgan fingerprint density at radius 2 is 1.71 bits per heavy atom. The van der Waals surface area contributed by atoms with Gasteiger partial charge in [-0.3, -0.25) is 14.5 Å². The van der Waals surface area contributed by atoms with E-state index in [-0.39, 0.29) is 30.3 Å². The van der Waals surface area contributed by atoms with Crippen LogP contribution in [0, 0.1) is 5.92 Å². The van der Waals surface area contributed by atoms with E-state index in [4.69, 9.17) is 9.84 Å². The molecule has 0 spiro atoms. The number of ether oxygens (including phenoxy) is 1. The van der Waals surface area contributed by atoms with Crippen LogP contribution in [-0.4, -0.2) is 60.1 Å². The van der Waals surface area contributed by atoms with Crippen LogP contribution in [0.3, 0.4) is 0 Å². The first-order chi connectivity index (χ1) is 13.1. The maximum absolute atomic E-state index is 13.1. The first kappa shape index (κ1) is 22.5. The van der Waals surface area contributed by atoms with E-state index in [0.717, 1.165) is 43.5 Å². The average Bonchev–Trinajstić information content (AvgIpc) is 2.94. The first-order valence-electron chi connectivity index (χ1n) is 9.97. The maximum atomic E-state index is 13.1. The molecule has 2 saturated heterocycles. The highest BCUT2D eigenvalue weighted by atomic mass is 35.5. The van der Waals surface area contributed by atoms with Gasteiger partial charge in [-0.1, -0.05) is 25.0 Å². The van der Waals surface area contributed by atoms with Crippen LogP contribution in [0.1, 0.15) is 50.1 Å². The van der Waals surface area contributed by atoms with E-state index in [1.807, 2.05) is 17.0 Å². The largest absolute Gasteiger partial charge is 0.497 e. The number of carbonyl (C=O) groups excluding carboxylic acids is 1. The number of methoxy groups -OCH3 is 1. The predicted octanol–water partition coefficient (Wildman–Crippen LogP) is 3.36. The van der Waals surface area contributed by atoms with Gasteiger partial charge in [0.1, 0.15) is 5.75 Å². The number of carboxylic acids is 1. The molecule has 28 heavy (non-hydrogen) atoms. The fourth-order valence-corrected chi connectivity index (χ4v) is 4.20. The quantitative estimate of drug-likeness (QED) is 0.805. The number of carbonyl (C=O) groups is 2. The molecule has 0 radical (unpaired) electrons. The Bertz CT molecular complexity index is 644. The lowest BCUT2D eigenvalue weighted by Gasteiger charge is -2.35. The monoisotopic (exact) mass is 410 g/mol. The Hall–Kier alpha value is -1.79. The van der Waals surface area contributed by atoms with Crippen LogP contribution >= 0.6 is 12.4 Å². The molecule has 6 nitrogen and oxygen atoms in total. The number of halogens is 1. The van der Waals surface area contributed by atoms with E-state index in [1.165, 1.54) is 0 Å². The van der Waals surface area contributed by atoms with E-state index in [1.54, 1.807) is 7.11 Å². The van der Waals surface area contributed by atoms with Gasteiger partial charge in [0, 0.05) is 6.54 Å². The van der Waals surface area contributed by atoms with Gasteiger partial charge in [-0.2, -0.15) is 0 Å². The van der Waals surface area contributed by atoms with Crippen molar-refractivity contribution in [3.8, 4) is 5.75 Å². The molecule has 1 N–H and O–H groups in total. The van der Waals surface area contributed by atoms with Crippen molar-refractivity contribution >= 4 is 24.3 Å². The standard InChI is InChI=1S/C21H30N2O4.ClH/c1-27-18-8-6-16(7-9-18)19-5-3-2-4-12-23(19)20(24)15-22-13-10-17(11-14-22)21(25)26;/h6-9,17,19H,2-5,10-15H2,1H3,(H,25,26);1H. The molecule has 1 unspecified atom stereocenters. The van der Waals surface area contributed by atoms with Gasteiger partial charge in [0.05, 0.1) is 25.6 Å². The molecule has 7 heteroatoms. The van der Waals surface area contributed by atoms with Gasteiger partial charge in [-0.05, 0) is 56.5 Å². The number of amides is 1. The second-order valence-corrected chi connectivity index (χ2v) is 7.61. The van der Waals surface area contributed by atoms with E-state index < -0.39 is 5.97 Å². The lowest BCUT2D eigenvalue weighted by Crippen LogP contribution is -2.45. The molecular weight excluding hydrogens is 380 g/mol. The van der Waals surface area contributed by atoms with Crippen molar-refractivity contribution in [1.82, 2.24) is 9.80 Å². The van der Waals surface area contributed by atoms with E-state index in [9.17, 15) is 9.59 Å². The SMILES string of the molecule is COc1ccc(C2CCCCCN2C(=O)CN2CCC(C(=O)O)CC2)cc1.Cl. The van der Waals surface area contributed by atoms with Crippen LogP contribution in [0.2, 0.25) is 0 Å². The molecule has 1 aromatic carbocycles. The molecular formula is C21H31ClN2O4. The highest BCUT2D eigenvalue weighted by Gasteiger charge is 2.30. The molecule has 2 heterocycles. The molecule has 3 rings (SSSR count). The summed E-state index contributed by atoms with van der Waals surface area (Å²) < 4.78 is 5.25. The molecule has 156 valence electrons. The minimum atomic E-state index is -0.715. The zero-order chi connectivity index (χ0) is 19.2. The molecule has 0 aliphatic carbocycles. The fraction of sp³-hybridized carbons (Fsp3) is 0.619. The predicted molar refractivity (Wildman–Crippen MR) is 110 cm³/mol. The highest BCUT2D eigenvalue weighted by molar-refractivity contribution is 5.85. The number of piperidine rings is 1. The zero-order valence-electron chi connectivity index (χ0n) is 16.5. The lowest BCUT2D eigenvalue weighted by atomic mass is 9.97. The topological polar surface area (TPSA) is 70.1 Å². The van der Waals surface area contributed by atoms with Gasteiger partial charge in [-0.25, -0.2) is 0 Å². The van der Waals surface area contributed by atoms with E-state index >= 15 is 0 Å². The van der Waals surface area contributed by atoms with Crippen LogP contribution < -0.4 is 4.74 Å². The van der Waals surface area contributed by atoms with Crippen LogP contribution in [0.4, 0.5) is 0 Å². The summed E-state index contributed by atoms with van der Waals surface area (Å²) in [5.41, 5.74) is 1.16. The lowest BCUT2D eigenvalue weighted by molar-refractivity contribution is -0.143. The molecule has 2 fully saturated rings. The van der Waals surface area contributed by atoms with Gasteiger partial charge in [0.2, 0.25) is 5.91 Å². The fourth-order valence-electron chi connectivity index (χ4n) is 4.20. The van der Waals surface area contributed by atoms with Crippen molar-refractivity contribution in [3.63, 3.8) is 0 Å². The van der Waals surface area contributed by atoms with Crippen LogP contribution in [0.15, 0.2) is 24.3 Å². The van der Waals surface area contributed by atoms with E-state index in [0.29, 0.717) is 32.5 Å². The Kier molecular flexibility index (Phi) is 8.58. The summed E-state index contributed by atoms with van der Waals surface area (Å²) in [5.74, 6) is 0.00712. The molecule has 0 aromatic heterocycles. The van der Waals surface area contributed by atoms with Crippen molar-refractivity contribution in [2.45, 2.75) is 44.6 Å². The Balaban J connectivity index is 0.00000280. The summed E-state index contributed by atoms with van der Waals surface area (Å²) in [6.45, 7) is 2.55. The third-order valence-electron chi connectivity index (χ3n) is 5.87. The van der Waals surface area contributed by atoms with Gasteiger partial charge in [0.25, 0.3) is 0 Å². The summed E-state index contributed by atoms with van der Waals surface area (Å²) in [5, 5.41) is 9.14. The first-order valence-corrected chi connectivity index (χ1v) is 9.97. The van der Waals surface area contributed by atoms with Crippen LogP contribution in [-0.2, 0) is 9.59 Å². The number of benzene rings is 1. The second-order valence-electron chi connectivity index (χ2n) is 7.61. The summed E-state index contributed by atoms with van der Waals surface area (Å²) in [4.78, 5) is 28.3. The number of likely N-dealkylation sites (tertiary alicyclic amines) is 2. The Labute approximate surface area is 173 Å². The van der Waals surface area contributed by atoms with Gasteiger partial charge in [0.15, 0.2) is 0 Å². The van der Waals surface area contributed by atoms with Gasteiger partial charge in [-0.15, -0.1) is 12.4 Å². The van der Waals surface area contributed by atoms with Crippen molar-refractivity contribution in [1.29, 1.82) is 0 Å². The Morgan fingerprint density at radius 1 is 1.04 bits per heavy atom. The highest BCUT2D eigenvalue weighted by Crippen LogP contribution is 2.31. The number of hydrogen-bond acceptors (Lipinski definition) is 4. The third-order valence-corrected chi connectivity index (χ3v) is 5.87. The van der Waals surface area contributed by atoms with Crippen molar-refractivity contribution in [2.75, 3.05) is 33.3 Å². The average molecular weight is 411 g/mol. The Morgan fingerprint density at radius 3 is 2.32 bits per heavy atom. The summed E-state index contributed by atoms with van der Waals surface area (Å²) in [7, 11) is 1.66. The number of nitrogens with zero attached hydrogens (tertiary/aromatic N) is 2. The van der Waals surface area contributed by atoms with Crippen LogP contribution in [0.5, 0.6) is 5.75 Å². The molecule has 2 aliphatic heterocycles. The molecule has 2 aliphatic rings. The van der Waals surface area contributed by atoms with Crippen LogP contribution in [0.25, 0.3) is 0 Å². The normalized spacial score (nSPS) is 21.5. The van der Waals surface area contributed by atoms with E-state index in [2.05, 4.69) is 17.0 Å². The number of carboxylic acid groups (broad SMARTS) is 1. The zero-order valence-corrected chi connectivity index (χ0v) is 17.3. The third kappa shape index (κ3) is 5.61. The second kappa shape index (κ2) is 10.7. The number of hydrogen-bond donors (Lipinski definition) is 1. The number of rotatable bonds is 5. The minimum absolute atomic E-state index is 0. The molecule has 0 saturated carbocycles. The summed E-state index contributed by atoms with van der Waals surface area (Å²) in [6, 6.07) is 8.16. The summed E-state index contributed by atoms with van der Waals surface area (Å²) >= 11 is 0. The number of aliphatic carboxylic acids is 1. The smallest absolute Gasteiger partial charge is 0.306 e. The van der Waals surface area contributed by atoms with Gasteiger partial charge < -0.3 is 14.7 Å². The van der Waals surface area contributed by atoms with Crippen molar-refractivity contribution in [2.24, 2.45) is 5.92 Å².